The molecule has 0 saturated carbocycles. The van der Waals surface area contributed by atoms with Crippen LogP contribution < -0.4 is 14.8 Å². The van der Waals surface area contributed by atoms with Crippen molar-refractivity contribution in [1.29, 1.82) is 0 Å². The molecule has 0 radical (unpaired) electrons. The third-order valence-corrected chi connectivity index (χ3v) is 7.30. The average molecular weight is 483 g/mol. The number of methoxy groups -OCH3 is 2. The molecule has 184 valence electrons. The quantitative estimate of drug-likeness (QED) is 0.532. The van der Waals surface area contributed by atoms with Crippen molar-refractivity contribution in [1.82, 2.24) is 4.90 Å². The van der Waals surface area contributed by atoms with Crippen LogP contribution >= 0.6 is 0 Å². The van der Waals surface area contributed by atoms with Gasteiger partial charge in [-0.1, -0.05) is 48.6 Å². The van der Waals surface area contributed by atoms with Crippen LogP contribution in [0, 0.1) is 0 Å². The second-order valence-electron chi connectivity index (χ2n) is 9.36. The predicted octanol–water partition coefficient (Wildman–Crippen LogP) is 5.09. The molecule has 1 N–H and O–H groups in total. The molecule has 1 aliphatic carbocycles. The molecule has 5 rings (SSSR count). The Balaban J connectivity index is 1.16. The SMILES string of the molecule is COc1ccc(C(=O)Nc2ccc(CC(=O)N3CCC4(C=Cc5ccccc54)CC3)cc2)cc1OC. The van der Waals surface area contributed by atoms with E-state index in [9.17, 15) is 9.59 Å². The fraction of sp³-hybridized carbons (Fsp3) is 0.267. The lowest BCUT2D eigenvalue weighted by molar-refractivity contribution is -0.131. The van der Waals surface area contributed by atoms with E-state index in [0.29, 0.717) is 29.2 Å². The van der Waals surface area contributed by atoms with Gasteiger partial charge in [0.2, 0.25) is 5.91 Å². The molecule has 6 heteroatoms. The summed E-state index contributed by atoms with van der Waals surface area (Å²) in [5, 5.41) is 2.89. The van der Waals surface area contributed by atoms with Gasteiger partial charge >= 0.3 is 0 Å². The van der Waals surface area contributed by atoms with Crippen molar-refractivity contribution in [2.75, 3.05) is 32.6 Å². The maximum Gasteiger partial charge on any atom is 0.255 e. The summed E-state index contributed by atoms with van der Waals surface area (Å²) in [7, 11) is 3.09. The number of fused-ring (bicyclic) bond motifs is 2. The number of benzene rings is 3. The zero-order chi connectivity index (χ0) is 25.1. The Hall–Kier alpha value is -4.06. The molecule has 2 amide bonds. The monoisotopic (exact) mass is 482 g/mol. The molecule has 0 atom stereocenters. The van der Waals surface area contributed by atoms with E-state index in [-0.39, 0.29) is 17.2 Å². The number of carbonyl (C=O) groups excluding carboxylic acids is 2. The average Bonchev–Trinajstić information content (AvgIpc) is 3.27. The molecular weight excluding hydrogens is 452 g/mol. The fourth-order valence-electron chi connectivity index (χ4n) is 5.20. The molecule has 0 bridgehead atoms. The van der Waals surface area contributed by atoms with Gasteiger partial charge in [0.1, 0.15) is 0 Å². The van der Waals surface area contributed by atoms with Gasteiger partial charge in [-0.3, -0.25) is 9.59 Å². The van der Waals surface area contributed by atoms with Crippen LogP contribution in [0.15, 0.2) is 72.8 Å². The summed E-state index contributed by atoms with van der Waals surface area (Å²) in [6.45, 7) is 1.52. The van der Waals surface area contributed by atoms with Crippen LogP contribution in [0.1, 0.15) is 39.9 Å². The van der Waals surface area contributed by atoms with Crippen LogP contribution in [0.3, 0.4) is 0 Å². The first kappa shape index (κ1) is 23.7. The molecule has 0 unspecified atom stereocenters. The maximum absolute atomic E-state index is 13.0. The third kappa shape index (κ3) is 4.59. The van der Waals surface area contributed by atoms with E-state index < -0.39 is 0 Å². The van der Waals surface area contributed by atoms with E-state index in [1.807, 2.05) is 29.2 Å². The summed E-state index contributed by atoms with van der Waals surface area (Å²) in [6, 6.07) is 21.0. The summed E-state index contributed by atoms with van der Waals surface area (Å²) in [4.78, 5) is 27.6. The number of piperidine rings is 1. The minimum Gasteiger partial charge on any atom is -0.493 e. The summed E-state index contributed by atoms with van der Waals surface area (Å²) in [5.74, 6) is 0.957. The Bertz CT molecular complexity index is 1300. The number of nitrogens with zero attached hydrogens (tertiary/aromatic N) is 1. The first-order chi connectivity index (χ1) is 17.5. The van der Waals surface area contributed by atoms with Crippen molar-refractivity contribution in [2.24, 2.45) is 0 Å². The minimum absolute atomic E-state index is 0.0706. The first-order valence-corrected chi connectivity index (χ1v) is 12.2. The molecule has 2 aliphatic rings. The lowest BCUT2D eigenvalue weighted by atomic mass is 9.74. The fourth-order valence-corrected chi connectivity index (χ4v) is 5.20. The summed E-state index contributed by atoms with van der Waals surface area (Å²) < 4.78 is 10.5. The normalized spacial score (nSPS) is 15.4. The lowest BCUT2D eigenvalue weighted by Crippen LogP contribution is -2.44. The van der Waals surface area contributed by atoms with Gasteiger partial charge in [0.05, 0.1) is 20.6 Å². The van der Waals surface area contributed by atoms with E-state index in [4.69, 9.17) is 9.47 Å². The largest absolute Gasteiger partial charge is 0.493 e. The highest BCUT2D eigenvalue weighted by molar-refractivity contribution is 6.04. The maximum atomic E-state index is 13.0. The van der Waals surface area contributed by atoms with Crippen molar-refractivity contribution in [3.05, 3.63) is 95.1 Å². The molecule has 36 heavy (non-hydrogen) atoms. The van der Waals surface area contributed by atoms with Crippen LogP contribution in [-0.4, -0.2) is 44.0 Å². The molecule has 1 saturated heterocycles. The molecular formula is C30H30N2O4. The number of carbonyl (C=O) groups is 2. The smallest absolute Gasteiger partial charge is 0.255 e. The molecule has 0 aromatic heterocycles. The zero-order valence-electron chi connectivity index (χ0n) is 20.6. The number of amides is 2. The van der Waals surface area contributed by atoms with Crippen LogP contribution in [0.5, 0.6) is 11.5 Å². The van der Waals surface area contributed by atoms with Gasteiger partial charge < -0.3 is 19.7 Å². The van der Waals surface area contributed by atoms with Crippen LogP contribution in [0.25, 0.3) is 6.08 Å². The molecule has 1 heterocycles. The molecule has 1 aliphatic heterocycles. The number of ether oxygens (including phenoxy) is 2. The number of nitrogens with one attached hydrogen (secondary N) is 1. The summed E-state index contributed by atoms with van der Waals surface area (Å²) in [6.07, 6.45) is 6.80. The standard InChI is InChI=1S/C30H30N2O4/c1-35-26-12-9-23(20-27(26)36-2)29(34)31-24-10-7-21(8-11-24)19-28(33)32-17-15-30(16-18-32)14-13-22-5-3-4-6-25(22)30/h3-14,20H,15-19H2,1-2H3,(H,31,34). The number of hydrogen-bond acceptors (Lipinski definition) is 4. The second kappa shape index (κ2) is 9.90. The number of rotatable bonds is 6. The van der Waals surface area contributed by atoms with Crippen molar-refractivity contribution in [3.8, 4) is 11.5 Å². The summed E-state index contributed by atoms with van der Waals surface area (Å²) in [5.41, 5.74) is 4.82. The molecule has 3 aromatic rings. The second-order valence-corrected chi connectivity index (χ2v) is 9.36. The minimum atomic E-state index is -0.246. The van der Waals surface area contributed by atoms with Crippen molar-refractivity contribution in [3.63, 3.8) is 0 Å². The number of anilines is 1. The highest BCUT2D eigenvalue weighted by atomic mass is 16.5. The van der Waals surface area contributed by atoms with E-state index in [2.05, 4.69) is 41.7 Å². The van der Waals surface area contributed by atoms with Gasteiger partial charge in [-0.05, 0) is 59.9 Å². The molecule has 1 fully saturated rings. The van der Waals surface area contributed by atoms with Gasteiger partial charge in [-0.25, -0.2) is 0 Å². The Kier molecular flexibility index (Phi) is 6.51. The Morgan fingerprint density at radius 2 is 1.64 bits per heavy atom. The van der Waals surface area contributed by atoms with Gasteiger partial charge in [0, 0.05) is 29.8 Å². The Morgan fingerprint density at radius 3 is 2.36 bits per heavy atom. The topological polar surface area (TPSA) is 67.9 Å². The first-order valence-electron chi connectivity index (χ1n) is 12.2. The van der Waals surface area contributed by atoms with E-state index >= 15 is 0 Å². The number of likely N-dealkylation sites (tertiary alicyclic amines) is 1. The number of hydrogen-bond donors (Lipinski definition) is 1. The van der Waals surface area contributed by atoms with Crippen LogP contribution in [0.4, 0.5) is 5.69 Å². The van der Waals surface area contributed by atoms with E-state index in [0.717, 1.165) is 31.5 Å². The number of allylic oxidation sites excluding steroid dienone is 1. The van der Waals surface area contributed by atoms with Crippen LogP contribution in [-0.2, 0) is 16.6 Å². The van der Waals surface area contributed by atoms with Gasteiger partial charge in [-0.15, -0.1) is 0 Å². The molecule has 6 nitrogen and oxygen atoms in total. The van der Waals surface area contributed by atoms with Gasteiger partial charge in [0.15, 0.2) is 11.5 Å². The lowest BCUT2D eigenvalue weighted by Gasteiger charge is -2.39. The van der Waals surface area contributed by atoms with E-state index in [1.54, 1.807) is 25.3 Å². The Labute approximate surface area is 211 Å². The van der Waals surface area contributed by atoms with Crippen molar-refractivity contribution < 1.29 is 19.1 Å². The highest BCUT2D eigenvalue weighted by Crippen LogP contribution is 2.43. The van der Waals surface area contributed by atoms with E-state index in [1.165, 1.54) is 18.2 Å². The van der Waals surface area contributed by atoms with Crippen LogP contribution in [0.2, 0.25) is 0 Å². The highest BCUT2D eigenvalue weighted by Gasteiger charge is 2.38. The molecule has 3 aromatic carbocycles. The zero-order valence-corrected chi connectivity index (χ0v) is 20.6. The Morgan fingerprint density at radius 1 is 0.917 bits per heavy atom. The summed E-state index contributed by atoms with van der Waals surface area (Å²) >= 11 is 0. The van der Waals surface area contributed by atoms with Crippen molar-refractivity contribution in [2.45, 2.75) is 24.7 Å². The predicted molar refractivity (Wildman–Crippen MR) is 141 cm³/mol. The van der Waals surface area contributed by atoms with Gasteiger partial charge in [-0.2, -0.15) is 0 Å². The molecule has 1 spiro atoms. The third-order valence-electron chi connectivity index (χ3n) is 7.30. The van der Waals surface area contributed by atoms with Crippen molar-refractivity contribution >= 4 is 23.6 Å². The van der Waals surface area contributed by atoms with Gasteiger partial charge in [0.25, 0.3) is 5.91 Å².